The summed E-state index contributed by atoms with van der Waals surface area (Å²) < 4.78 is 2.65. The van der Waals surface area contributed by atoms with Gasteiger partial charge in [0.15, 0.2) is 4.80 Å². The first-order valence-corrected chi connectivity index (χ1v) is 11.7. The Morgan fingerprint density at radius 1 is 0.967 bits per heavy atom. The summed E-state index contributed by atoms with van der Waals surface area (Å²) in [6.45, 7) is 0. The van der Waals surface area contributed by atoms with E-state index in [0.717, 1.165) is 33.4 Å². The van der Waals surface area contributed by atoms with Crippen LogP contribution in [0.25, 0.3) is 11.8 Å². The molecule has 0 amide bonds. The first kappa shape index (κ1) is 17.8. The number of hydrogen-bond acceptors (Lipinski definition) is 4. The normalized spacial score (nSPS) is 17.9. The maximum absolute atomic E-state index is 13.5. The van der Waals surface area contributed by atoms with E-state index < -0.39 is 0 Å². The Morgan fingerprint density at radius 3 is 2.63 bits per heavy atom. The van der Waals surface area contributed by atoms with Crippen LogP contribution in [-0.4, -0.2) is 4.57 Å². The Kier molecular flexibility index (Phi) is 4.18. The zero-order chi connectivity index (χ0) is 20.1. The van der Waals surface area contributed by atoms with Crippen molar-refractivity contribution >= 4 is 34.4 Å². The van der Waals surface area contributed by atoms with Gasteiger partial charge in [-0.2, -0.15) is 0 Å². The SMILES string of the molecule is O=c1/c(=C/c2ccccc2)sc2n1C(c1cccs1)C1=C(N=2)c2ccccc2CC1. The fourth-order valence-corrected chi connectivity index (χ4v) is 6.27. The Hall–Kier alpha value is -3.02. The first-order valence-electron chi connectivity index (χ1n) is 10.0. The third-order valence-electron chi connectivity index (χ3n) is 5.78. The second-order valence-corrected chi connectivity index (χ2v) is 9.53. The predicted molar refractivity (Wildman–Crippen MR) is 124 cm³/mol. The second-order valence-electron chi connectivity index (χ2n) is 7.54. The van der Waals surface area contributed by atoms with Gasteiger partial charge in [0.25, 0.3) is 5.56 Å². The summed E-state index contributed by atoms with van der Waals surface area (Å²) in [5, 5.41) is 2.09. The molecule has 2 aromatic heterocycles. The van der Waals surface area contributed by atoms with Crippen LogP contribution >= 0.6 is 22.7 Å². The highest BCUT2D eigenvalue weighted by Gasteiger charge is 2.32. The molecule has 3 nitrogen and oxygen atoms in total. The summed E-state index contributed by atoms with van der Waals surface area (Å²) in [6, 6.07) is 22.7. The van der Waals surface area contributed by atoms with Gasteiger partial charge in [0.2, 0.25) is 0 Å². The topological polar surface area (TPSA) is 34.4 Å². The average molecular weight is 427 g/mol. The smallest absolute Gasteiger partial charge is 0.271 e. The second kappa shape index (κ2) is 7.04. The first-order chi connectivity index (χ1) is 14.8. The van der Waals surface area contributed by atoms with Crippen molar-refractivity contribution in [1.82, 2.24) is 4.57 Å². The quantitative estimate of drug-likeness (QED) is 0.468. The molecule has 0 saturated carbocycles. The lowest BCUT2D eigenvalue weighted by Gasteiger charge is -2.30. The van der Waals surface area contributed by atoms with Crippen molar-refractivity contribution in [1.29, 1.82) is 0 Å². The minimum atomic E-state index is -0.0671. The van der Waals surface area contributed by atoms with Gasteiger partial charge in [-0.05, 0) is 47.1 Å². The molecule has 5 heteroatoms. The van der Waals surface area contributed by atoms with E-state index in [4.69, 9.17) is 4.99 Å². The molecule has 0 radical (unpaired) electrons. The average Bonchev–Trinajstić information content (AvgIpc) is 3.42. The summed E-state index contributed by atoms with van der Waals surface area (Å²) in [7, 11) is 0. The van der Waals surface area contributed by atoms with E-state index in [-0.39, 0.29) is 11.6 Å². The number of benzene rings is 2. The minimum Gasteiger partial charge on any atom is -0.271 e. The third kappa shape index (κ3) is 2.77. The summed E-state index contributed by atoms with van der Waals surface area (Å²) in [5.74, 6) is 0. The van der Waals surface area contributed by atoms with Gasteiger partial charge in [-0.3, -0.25) is 9.36 Å². The molecule has 0 fully saturated rings. The number of thiazole rings is 1. The molecule has 2 aliphatic rings. The molecular formula is C25H18N2OS2. The predicted octanol–water partition coefficient (Wildman–Crippen LogP) is 4.38. The maximum atomic E-state index is 13.5. The lowest BCUT2D eigenvalue weighted by atomic mass is 9.85. The number of nitrogens with zero attached hydrogens (tertiary/aromatic N) is 2. The van der Waals surface area contributed by atoms with Gasteiger partial charge in [-0.25, -0.2) is 4.99 Å². The van der Waals surface area contributed by atoms with E-state index in [1.54, 1.807) is 11.3 Å². The molecule has 3 heterocycles. The molecule has 4 aromatic rings. The van der Waals surface area contributed by atoms with Crippen LogP contribution in [0.5, 0.6) is 0 Å². The van der Waals surface area contributed by atoms with Crippen molar-refractivity contribution in [3.8, 4) is 0 Å². The van der Waals surface area contributed by atoms with Crippen molar-refractivity contribution in [3.05, 3.63) is 119 Å². The van der Waals surface area contributed by atoms with Crippen LogP contribution in [0.15, 0.2) is 87.5 Å². The zero-order valence-electron chi connectivity index (χ0n) is 16.1. The standard InChI is InChI=1S/C25H18N2OS2/c28-24-21(15-16-7-2-1-3-8-16)30-25-26-22-18-10-5-4-9-17(18)12-13-19(22)23(27(24)25)20-11-6-14-29-20/h1-11,14-15,23H,12-13H2/b21-15-. The zero-order valence-corrected chi connectivity index (χ0v) is 17.7. The van der Waals surface area contributed by atoms with Crippen LogP contribution in [0.4, 0.5) is 0 Å². The highest BCUT2D eigenvalue weighted by Crippen LogP contribution is 2.42. The summed E-state index contributed by atoms with van der Waals surface area (Å²) >= 11 is 3.20. The molecule has 1 aliphatic heterocycles. The highest BCUT2D eigenvalue weighted by molar-refractivity contribution is 7.10. The van der Waals surface area contributed by atoms with Crippen molar-refractivity contribution in [2.75, 3.05) is 0 Å². The van der Waals surface area contributed by atoms with Crippen LogP contribution in [0, 0.1) is 0 Å². The van der Waals surface area contributed by atoms with Gasteiger partial charge < -0.3 is 0 Å². The Balaban J connectivity index is 1.64. The van der Waals surface area contributed by atoms with Crippen molar-refractivity contribution in [2.45, 2.75) is 18.9 Å². The van der Waals surface area contributed by atoms with E-state index in [9.17, 15) is 4.79 Å². The monoisotopic (exact) mass is 426 g/mol. The molecule has 30 heavy (non-hydrogen) atoms. The molecule has 1 atom stereocenters. The molecule has 6 rings (SSSR count). The maximum Gasteiger partial charge on any atom is 0.271 e. The molecule has 146 valence electrons. The van der Waals surface area contributed by atoms with Crippen LogP contribution in [0.1, 0.15) is 34.0 Å². The Bertz CT molecular complexity index is 1460. The molecule has 1 aliphatic carbocycles. The molecule has 0 bridgehead atoms. The van der Waals surface area contributed by atoms with Gasteiger partial charge in [0.05, 0.1) is 16.3 Å². The van der Waals surface area contributed by atoms with Gasteiger partial charge in [0, 0.05) is 10.4 Å². The molecule has 1 unspecified atom stereocenters. The molecule has 2 aromatic carbocycles. The van der Waals surface area contributed by atoms with Crippen molar-refractivity contribution < 1.29 is 0 Å². The summed E-state index contributed by atoms with van der Waals surface area (Å²) in [6.07, 6.45) is 3.90. The largest absolute Gasteiger partial charge is 0.271 e. The number of aryl methyl sites for hydroxylation is 1. The fourth-order valence-electron chi connectivity index (χ4n) is 4.42. The third-order valence-corrected chi connectivity index (χ3v) is 7.69. The Labute approximate surface area is 181 Å². The van der Waals surface area contributed by atoms with Crippen LogP contribution < -0.4 is 14.9 Å². The number of thiophene rings is 1. The Morgan fingerprint density at radius 2 is 1.80 bits per heavy atom. The minimum absolute atomic E-state index is 0.0476. The van der Waals surface area contributed by atoms with E-state index in [2.05, 4.69) is 41.8 Å². The molecular weight excluding hydrogens is 408 g/mol. The molecule has 0 saturated heterocycles. The van der Waals surface area contributed by atoms with Gasteiger partial charge in [-0.1, -0.05) is 72.0 Å². The van der Waals surface area contributed by atoms with E-state index >= 15 is 0 Å². The molecule has 0 N–H and O–H groups in total. The van der Waals surface area contributed by atoms with Crippen LogP contribution in [0.2, 0.25) is 0 Å². The summed E-state index contributed by atoms with van der Waals surface area (Å²) in [4.78, 5) is 20.5. The number of allylic oxidation sites excluding steroid dienone is 1. The number of hydrogen-bond donors (Lipinski definition) is 0. The van der Waals surface area contributed by atoms with Crippen LogP contribution in [0.3, 0.4) is 0 Å². The van der Waals surface area contributed by atoms with Crippen LogP contribution in [-0.2, 0) is 6.42 Å². The van der Waals surface area contributed by atoms with Gasteiger partial charge in [-0.15, -0.1) is 11.3 Å². The van der Waals surface area contributed by atoms with E-state index in [1.165, 1.54) is 32.9 Å². The van der Waals surface area contributed by atoms with E-state index in [1.807, 2.05) is 41.0 Å². The number of fused-ring (bicyclic) bond motifs is 3. The van der Waals surface area contributed by atoms with Gasteiger partial charge in [0.1, 0.15) is 0 Å². The van der Waals surface area contributed by atoms with Crippen molar-refractivity contribution in [2.24, 2.45) is 4.99 Å². The number of aromatic nitrogens is 1. The van der Waals surface area contributed by atoms with E-state index in [0.29, 0.717) is 0 Å². The fraction of sp³-hybridized carbons (Fsp3) is 0.120. The number of rotatable bonds is 2. The highest BCUT2D eigenvalue weighted by atomic mass is 32.1. The molecule has 0 spiro atoms. The van der Waals surface area contributed by atoms with Gasteiger partial charge >= 0.3 is 0 Å². The lowest BCUT2D eigenvalue weighted by Crippen LogP contribution is -2.38. The summed E-state index contributed by atoms with van der Waals surface area (Å²) in [5.41, 5.74) is 5.95. The van der Waals surface area contributed by atoms with Crippen molar-refractivity contribution in [3.63, 3.8) is 0 Å². The lowest BCUT2D eigenvalue weighted by molar-refractivity contribution is 0.593.